The van der Waals surface area contributed by atoms with E-state index in [4.69, 9.17) is 14.0 Å². The van der Waals surface area contributed by atoms with Gasteiger partial charge in [0.05, 0.1) is 25.4 Å². The summed E-state index contributed by atoms with van der Waals surface area (Å²) in [5.74, 6) is -0.687. The Hall–Kier alpha value is -1.20. The summed E-state index contributed by atoms with van der Waals surface area (Å²) in [7, 11) is -5.11. The minimum atomic E-state index is -5.11. The maximum absolute atomic E-state index is 13.1. The molecule has 8 unspecified atom stereocenters. The van der Waals surface area contributed by atoms with Crippen LogP contribution in [0, 0.1) is 0 Å². The molecule has 7 N–H and O–H groups in total. The molecule has 0 spiro atoms. The molecule has 13 nitrogen and oxygen atoms in total. The largest absolute Gasteiger partial charge is 0.397 e. The van der Waals surface area contributed by atoms with Crippen molar-refractivity contribution in [2.45, 2.75) is 230 Å². The molecule has 55 heavy (non-hydrogen) atoms. The standard InChI is InChI=1S/C41H79NO12S/c1-3-5-7-9-11-13-15-17-18-20-21-23-25-27-29-34(44)33(32-52-41-38(47)39(54-55(49,50)51)37(46)36(31-43)53-41)42-40(48)35(45)30-28-26-24-22-19-16-14-12-10-8-6-4-2/h19,22,33-39,41,43-47H,3-18,20-21,23-32H2,1-2H3,(H,42,48)(H,49,50,51)/b22-19-. The van der Waals surface area contributed by atoms with E-state index in [2.05, 4.69) is 35.5 Å². The molecule has 1 heterocycles. The van der Waals surface area contributed by atoms with E-state index in [1.54, 1.807) is 0 Å². The molecule has 1 saturated heterocycles. The summed E-state index contributed by atoms with van der Waals surface area (Å²) in [6, 6.07) is -1.04. The molecule has 1 amide bonds. The van der Waals surface area contributed by atoms with E-state index in [9.17, 15) is 38.7 Å². The first-order valence-corrected chi connectivity index (χ1v) is 23.0. The fourth-order valence-electron chi connectivity index (χ4n) is 6.93. The summed E-state index contributed by atoms with van der Waals surface area (Å²) in [6.45, 7) is 3.23. The molecule has 0 saturated carbocycles. The molecule has 0 aliphatic carbocycles. The molecular weight excluding hydrogens is 731 g/mol. The van der Waals surface area contributed by atoms with Crippen LogP contribution in [0.1, 0.15) is 181 Å². The number of aliphatic hydroxyl groups excluding tert-OH is 5. The van der Waals surface area contributed by atoms with Crippen LogP contribution in [0.2, 0.25) is 0 Å². The van der Waals surface area contributed by atoms with Crippen LogP contribution >= 0.6 is 0 Å². The molecule has 0 aromatic heterocycles. The number of unbranched alkanes of at least 4 members (excludes halogenated alkanes) is 21. The lowest BCUT2D eigenvalue weighted by molar-refractivity contribution is -0.298. The van der Waals surface area contributed by atoms with Gasteiger partial charge in [0.25, 0.3) is 0 Å². The first-order chi connectivity index (χ1) is 26.4. The molecule has 8 atom stereocenters. The van der Waals surface area contributed by atoms with Crippen LogP contribution in [-0.2, 0) is 28.9 Å². The molecule has 0 radical (unpaired) electrons. The average Bonchev–Trinajstić information content (AvgIpc) is 3.15. The topological polar surface area (TPSA) is 212 Å². The number of hydrogen-bond donors (Lipinski definition) is 7. The van der Waals surface area contributed by atoms with Crippen LogP contribution in [-0.4, -0.2) is 107 Å². The van der Waals surface area contributed by atoms with Crippen molar-refractivity contribution < 1.29 is 57.0 Å². The van der Waals surface area contributed by atoms with Gasteiger partial charge in [-0.2, -0.15) is 8.42 Å². The maximum atomic E-state index is 13.1. The fourth-order valence-corrected chi connectivity index (χ4v) is 7.44. The van der Waals surface area contributed by atoms with Gasteiger partial charge >= 0.3 is 10.4 Å². The smallest absolute Gasteiger partial charge is 0.394 e. The summed E-state index contributed by atoms with van der Waals surface area (Å²) < 4.78 is 47.4. The zero-order valence-electron chi connectivity index (χ0n) is 34.1. The maximum Gasteiger partial charge on any atom is 0.397 e. The van der Waals surface area contributed by atoms with E-state index in [-0.39, 0.29) is 6.42 Å². The normalized spacial score (nSPS) is 22.2. The van der Waals surface area contributed by atoms with Gasteiger partial charge in [-0.15, -0.1) is 0 Å². The Balaban J connectivity index is 2.63. The van der Waals surface area contributed by atoms with Gasteiger partial charge < -0.3 is 40.3 Å². The predicted molar refractivity (Wildman–Crippen MR) is 215 cm³/mol. The minimum absolute atomic E-state index is 0.231. The van der Waals surface area contributed by atoms with Crippen LogP contribution < -0.4 is 5.32 Å². The number of aliphatic hydroxyl groups is 5. The second kappa shape index (κ2) is 32.7. The van der Waals surface area contributed by atoms with Gasteiger partial charge in [-0.3, -0.25) is 9.35 Å². The van der Waals surface area contributed by atoms with Gasteiger partial charge in [0.15, 0.2) is 6.29 Å². The lowest BCUT2D eigenvalue weighted by Crippen LogP contribution is -2.61. The Morgan fingerprint density at radius 1 is 0.709 bits per heavy atom. The van der Waals surface area contributed by atoms with E-state index in [0.29, 0.717) is 19.3 Å². The van der Waals surface area contributed by atoms with Crippen LogP contribution in [0.25, 0.3) is 0 Å². The molecule has 1 fully saturated rings. The van der Waals surface area contributed by atoms with Gasteiger partial charge in [-0.05, 0) is 38.5 Å². The van der Waals surface area contributed by atoms with E-state index in [1.807, 2.05) is 0 Å². The first-order valence-electron chi connectivity index (χ1n) is 21.7. The number of carbonyl (C=O) groups is 1. The second-order valence-corrected chi connectivity index (χ2v) is 16.5. The number of amides is 1. The zero-order valence-corrected chi connectivity index (χ0v) is 34.9. The lowest BCUT2D eigenvalue weighted by atomic mass is 9.99. The van der Waals surface area contributed by atoms with Crippen molar-refractivity contribution in [1.29, 1.82) is 0 Å². The number of ether oxygens (including phenoxy) is 2. The summed E-state index contributed by atoms with van der Waals surface area (Å²) >= 11 is 0. The lowest BCUT2D eigenvalue weighted by Gasteiger charge is -2.41. The molecule has 0 aromatic carbocycles. The summed E-state index contributed by atoms with van der Waals surface area (Å²) in [4.78, 5) is 13.1. The zero-order chi connectivity index (χ0) is 40.7. The van der Waals surface area contributed by atoms with E-state index in [1.165, 1.54) is 103 Å². The van der Waals surface area contributed by atoms with Crippen LogP contribution in [0.3, 0.4) is 0 Å². The summed E-state index contributed by atoms with van der Waals surface area (Å²) in [5.41, 5.74) is 0. The highest BCUT2D eigenvalue weighted by molar-refractivity contribution is 7.80. The van der Waals surface area contributed by atoms with Crippen molar-refractivity contribution in [2.24, 2.45) is 0 Å². The van der Waals surface area contributed by atoms with E-state index >= 15 is 0 Å². The quantitative estimate of drug-likeness (QED) is 0.0203. The average molecular weight is 810 g/mol. The van der Waals surface area contributed by atoms with Gasteiger partial charge in [0, 0.05) is 0 Å². The molecule has 1 aliphatic rings. The fraction of sp³-hybridized carbons (Fsp3) is 0.927. The number of hydrogen-bond acceptors (Lipinski definition) is 11. The molecule has 326 valence electrons. The molecule has 0 bridgehead atoms. The van der Waals surface area contributed by atoms with Gasteiger partial charge in [-0.1, -0.05) is 154 Å². The van der Waals surface area contributed by atoms with Gasteiger partial charge in [0.1, 0.15) is 30.5 Å². The Kier molecular flexibility index (Phi) is 30.8. The van der Waals surface area contributed by atoms with Crippen molar-refractivity contribution in [2.75, 3.05) is 13.2 Å². The monoisotopic (exact) mass is 810 g/mol. The Labute approximate surface area is 333 Å². The highest BCUT2D eigenvalue weighted by atomic mass is 32.3. The predicted octanol–water partition coefficient (Wildman–Crippen LogP) is 6.58. The summed E-state index contributed by atoms with van der Waals surface area (Å²) in [5, 5.41) is 55.2. The second-order valence-electron chi connectivity index (χ2n) is 15.4. The summed E-state index contributed by atoms with van der Waals surface area (Å²) in [6.07, 6.45) is 21.2. The number of carbonyl (C=O) groups excluding carboxylic acids is 1. The van der Waals surface area contributed by atoms with Crippen molar-refractivity contribution in [3.63, 3.8) is 0 Å². The van der Waals surface area contributed by atoms with Crippen LogP contribution in [0.15, 0.2) is 12.2 Å². The van der Waals surface area contributed by atoms with Gasteiger partial charge in [0.2, 0.25) is 5.91 Å². The third kappa shape index (κ3) is 25.7. The van der Waals surface area contributed by atoms with Crippen LogP contribution in [0.5, 0.6) is 0 Å². The highest BCUT2D eigenvalue weighted by Crippen LogP contribution is 2.26. The van der Waals surface area contributed by atoms with Crippen molar-refractivity contribution in [3.05, 3.63) is 12.2 Å². The third-order valence-electron chi connectivity index (χ3n) is 10.4. The molecule has 1 rings (SSSR count). The Bertz CT molecular complexity index is 1060. The molecular formula is C41H79NO12S. The van der Waals surface area contributed by atoms with Crippen molar-refractivity contribution >= 4 is 16.3 Å². The minimum Gasteiger partial charge on any atom is -0.394 e. The van der Waals surface area contributed by atoms with E-state index in [0.717, 1.165) is 38.5 Å². The third-order valence-corrected chi connectivity index (χ3v) is 10.9. The molecule has 14 heteroatoms. The number of allylic oxidation sites excluding steroid dienone is 2. The van der Waals surface area contributed by atoms with Crippen molar-refractivity contribution in [1.82, 2.24) is 5.32 Å². The van der Waals surface area contributed by atoms with E-state index < -0.39 is 78.5 Å². The SMILES string of the molecule is CCCCCCCC/C=C\CCCCC(O)C(=O)NC(COC1OC(CO)C(O)C(OS(=O)(=O)O)C1O)C(O)CCCCCCCCCCCCCCCC. The van der Waals surface area contributed by atoms with Crippen LogP contribution in [0.4, 0.5) is 0 Å². The first kappa shape index (κ1) is 51.8. The molecule has 0 aromatic rings. The number of nitrogens with one attached hydrogen (secondary N) is 1. The Morgan fingerprint density at radius 2 is 1.16 bits per heavy atom. The van der Waals surface area contributed by atoms with Crippen molar-refractivity contribution in [3.8, 4) is 0 Å². The van der Waals surface area contributed by atoms with Gasteiger partial charge in [-0.25, -0.2) is 4.18 Å². The Morgan fingerprint density at radius 3 is 1.65 bits per heavy atom. The number of rotatable bonds is 36. The highest BCUT2D eigenvalue weighted by Gasteiger charge is 2.48. The molecule has 1 aliphatic heterocycles.